The lowest BCUT2D eigenvalue weighted by molar-refractivity contribution is -0.117. The molecule has 1 heterocycles. The third kappa shape index (κ3) is 4.38. The Bertz CT molecular complexity index is 362. The molecule has 1 aromatic heterocycles. The van der Waals surface area contributed by atoms with Gasteiger partial charge >= 0.3 is 0 Å². The lowest BCUT2D eigenvalue weighted by Crippen LogP contribution is -2.36. The first-order valence-electron chi connectivity index (χ1n) is 4.80. The van der Waals surface area contributed by atoms with E-state index >= 15 is 0 Å². The fourth-order valence-corrected chi connectivity index (χ4v) is 1.75. The largest absolute Gasteiger partial charge is 0.325 e. The minimum atomic E-state index is -0.487. The van der Waals surface area contributed by atoms with Crippen LogP contribution in [0.4, 0.5) is 5.69 Å². The van der Waals surface area contributed by atoms with Gasteiger partial charge in [0.05, 0.1) is 6.04 Å². The van der Waals surface area contributed by atoms with Crippen LogP contribution in [0, 0.1) is 0 Å². The average molecular weight is 260 g/mol. The number of hydrogen-bond donors (Lipinski definition) is 2. The molecule has 1 atom stereocenters. The maximum absolute atomic E-state index is 11.6. The molecule has 0 aliphatic rings. The lowest BCUT2D eigenvalue weighted by atomic mass is 10.2. The molecule has 1 amide bonds. The summed E-state index contributed by atoms with van der Waals surface area (Å²) in [6, 6.07) is 2.77. The van der Waals surface area contributed by atoms with E-state index in [0.29, 0.717) is 17.3 Å². The predicted octanol–water partition coefficient (Wildman–Crippen LogP) is 1.75. The highest BCUT2D eigenvalue weighted by Crippen LogP contribution is 2.12. The molecule has 4 nitrogen and oxygen atoms in total. The minimum Gasteiger partial charge on any atom is -0.325 e. The fraction of sp³-hybridized carbons (Fsp3) is 0.400. The molecule has 0 unspecified atom stereocenters. The van der Waals surface area contributed by atoms with E-state index in [0.717, 1.165) is 5.75 Å². The highest BCUT2D eigenvalue weighted by Gasteiger charge is 2.12. The Labute approximate surface area is 104 Å². The van der Waals surface area contributed by atoms with Crippen molar-refractivity contribution in [2.24, 2.45) is 5.73 Å². The molecule has 88 valence electrons. The Morgan fingerprint density at radius 1 is 1.75 bits per heavy atom. The molecule has 3 N–H and O–H groups in total. The summed E-state index contributed by atoms with van der Waals surface area (Å²) in [5, 5.41) is 3.04. The molecule has 0 spiro atoms. The number of carbonyl (C=O) groups is 1. The maximum atomic E-state index is 11.6. The molecular formula is C10H14ClN3OS. The van der Waals surface area contributed by atoms with Crippen LogP contribution in [-0.2, 0) is 4.79 Å². The van der Waals surface area contributed by atoms with Crippen LogP contribution < -0.4 is 11.1 Å². The third-order valence-corrected chi connectivity index (χ3v) is 2.81. The highest BCUT2D eigenvalue weighted by atomic mass is 35.5. The number of pyridine rings is 1. The summed E-state index contributed by atoms with van der Waals surface area (Å²) in [4.78, 5) is 15.4. The van der Waals surface area contributed by atoms with Crippen LogP contribution in [-0.4, -0.2) is 28.9 Å². The van der Waals surface area contributed by atoms with Crippen molar-refractivity contribution < 1.29 is 4.79 Å². The summed E-state index contributed by atoms with van der Waals surface area (Å²) in [5.74, 6) is 0.669. The molecule has 0 saturated carbocycles. The number of aromatic nitrogens is 1. The molecule has 6 heteroatoms. The van der Waals surface area contributed by atoms with Gasteiger partial charge in [0.1, 0.15) is 5.15 Å². The predicted molar refractivity (Wildman–Crippen MR) is 68.9 cm³/mol. The number of anilines is 1. The van der Waals surface area contributed by atoms with Gasteiger partial charge in [-0.25, -0.2) is 4.98 Å². The Morgan fingerprint density at radius 3 is 3.12 bits per heavy atom. The summed E-state index contributed by atoms with van der Waals surface area (Å²) in [6.45, 7) is 0. The topological polar surface area (TPSA) is 68.0 Å². The van der Waals surface area contributed by atoms with Crippen molar-refractivity contribution >= 4 is 35.0 Å². The first kappa shape index (κ1) is 13.3. The van der Waals surface area contributed by atoms with E-state index < -0.39 is 6.04 Å². The maximum Gasteiger partial charge on any atom is 0.241 e. The molecule has 0 aliphatic heterocycles. The number of nitrogens with two attached hydrogens (primary N) is 1. The number of nitrogens with one attached hydrogen (secondary N) is 1. The van der Waals surface area contributed by atoms with Crippen LogP contribution in [0.5, 0.6) is 0 Å². The number of hydrogen-bond acceptors (Lipinski definition) is 4. The number of halogens is 1. The smallest absolute Gasteiger partial charge is 0.241 e. The van der Waals surface area contributed by atoms with Crippen molar-refractivity contribution in [3.8, 4) is 0 Å². The van der Waals surface area contributed by atoms with Crippen molar-refractivity contribution in [3.05, 3.63) is 23.5 Å². The zero-order valence-corrected chi connectivity index (χ0v) is 10.5. The van der Waals surface area contributed by atoms with Crippen LogP contribution >= 0.6 is 23.4 Å². The van der Waals surface area contributed by atoms with Gasteiger partial charge in [-0.3, -0.25) is 4.79 Å². The minimum absolute atomic E-state index is 0.198. The van der Waals surface area contributed by atoms with Gasteiger partial charge in [0.25, 0.3) is 0 Å². The van der Waals surface area contributed by atoms with E-state index in [9.17, 15) is 4.79 Å². The van der Waals surface area contributed by atoms with Crippen molar-refractivity contribution in [1.82, 2.24) is 4.98 Å². The molecule has 16 heavy (non-hydrogen) atoms. The SMILES string of the molecule is CSCC[C@H](N)C(=O)Nc1ccnc(Cl)c1. The number of thioether (sulfide) groups is 1. The number of carbonyl (C=O) groups excluding carboxylic acids is 1. The fourth-order valence-electron chi connectivity index (χ4n) is 1.09. The van der Waals surface area contributed by atoms with Gasteiger partial charge in [-0.15, -0.1) is 0 Å². The van der Waals surface area contributed by atoms with E-state index in [1.807, 2.05) is 6.26 Å². The second kappa shape index (κ2) is 6.73. The standard InChI is InChI=1S/C10H14ClN3OS/c1-16-5-3-8(12)10(15)14-7-2-4-13-9(11)6-7/h2,4,6,8H,3,5,12H2,1H3,(H,13,14,15)/t8-/m0/s1. The molecule has 0 aromatic carbocycles. The Balaban J connectivity index is 2.50. The van der Waals surface area contributed by atoms with Crippen LogP contribution in [0.2, 0.25) is 5.15 Å². The Kier molecular flexibility index (Phi) is 5.59. The Morgan fingerprint density at radius 2 is 2.50 bits per heavy atom. The third-order valence-electron chi connectivity index (χ3n) is 1.96. The number of rotatable bonds is 5. The van der Waals surface area contributed by atoms with Gasteiger partial charge < -0.3 is 11.1 Å². The molecular weight excluding hydrogens is 246 g/mol. The summed E-state index contributed by atoms with van der Waals surface area (Å²) >= 11 is 7.36. The van der Waals surface area contributed by atoms with Gasteiger partial charge in [-0.2, -0.15) is 11.8 Å². The van der Waals surface area contributed by atoms with Crippen molar-refractivity contribution in [2.45, 2.75) is 12.5 Å². The van der Waals surface area contributed by atoms with Crippen molar-refractivity contribution in [3.63, 3.8) is 0 Å². The van der Waals surface area contributed by atoms with Gasteiger partial charge in [-0.1, -0.05) is 11.6 Å². The second-order valence-corrected chi connectivity index (χ2v) is 4.62. The number of nitrogens with zero attached hydrogens (tertiary/aromatic N) is 1. The second-order valence-electron chi connectivity index (χ2n) is 3.24. The monoisotopic (exact) mass is 259 g/mol. The summed E-state index contributed by atoms with van der Waals surface area (Å²) in [7, 11) is 0. The first-order valence-corrected chi connectivity index (χ1v) is 6.57. The zero-order chi connectivity index (χ0) is 12.0. The molecule has 0 saturated heterocycles. The van der Waals surface area contributed by atoms with Crippen LogP contribution in [0.1, 0.15) is 6.42 Å². The van der Waals surface area contributed by atoms with E-state index in [-0.39, 0.29) is 5.91 Å². The van der Waals surface area contributed by atoms with Gasteiger partial charge in [-0.05, 0) is 30.6 Å². The van der Waals surface area contributed by atoms with Gasteiger partial charge in [0.15, 0.2) is 0 Å². The van der Waals surface area contributed by atoms with Crippen LogP contribution in [0.3, 0.4) is 0 Å². The molecule has 0 aliphatic carbocycles. The Hall–Kier alpha value is -0.780. The quantitative estimate of drug-likeness (QED) is 0.791. The van der Waals surface area contributed by atoms with Crippen molar-refractivity contribution in [1.29, 1.82) is 0 Å². The van der Waals surface area contributed by atoms with E-state index in [4.69, 9.17) is 17.3 Å². The number of amides is 1. The molecule has 0 bridgehead atoms. The van der Waals surface area contributed by atoms with Crippen LogP contribution in [0.25, 0.3) is 0 Å². The van der Waals surface area contributed by atoms with Gasteiger partial charge in [0, 0.05) is 11.9 Å². The van der Waals surface area contributed by atoms with E-state index in [1.54, 1.807) is 23.9 Å². The molecule has 1 rings (SSSR count). The normalized spacial score (nSPS) is 12.2. The average Bonchev–Trinajstić information content (AvgIpc) is 2.25. The van der Waals surface area contributed by atoms with Crippen molar-refractivity contribution in [2.75, 3.05) is 17.3 Å². The zero-order valence-electron chi connectivity index (χ0n) is 8.94. The highest BCUT2D eigenvalue weighted by molar-refractivity contribution is 7.98. The van der Waals surface area contributed by atoms with Crippen LogP contribution in [0.15, 0.2) is 18.3 Å². The van der Waals surface area contributed by atoms with E-state index in [1.165, 1.54) is 6.20 Å². The summed E-state index contributed by atoms with van der Waals surface area (Å²) in [6.07, 6.45) is 4.17. The van der Waals surface area contributed by atoms with E-state index in [2.05, 4.69) is 10.3 Å². The molecule has 0 fully saturated rings. The van der Waals surface area contributed by atoms with Gasteiger partial charge in [0.2, 0.25) is 5.91 Å². The lowest BCUT2D eigenvalue weighted by Gasteiger charge is -2.11. The molecule has 1 aromatic rings. The summed E-state index contributed by atoms with van der Waals surface area (Å²) < 4.78 is 0. The first-order chi connectivity index (χ1) is 7.63. The molecule has 0 radical (unpaired) electrons. The summed E-state index contributed by atoms with van der Waals surface area (Å²) in [5.41, 5.74) is 6.33.